The van der Waals surface area contributed by atoms with Gasteiger partial charge in [0.25, 0.3) is 0 Å². The molecule has 0 aliphatic heterocycles. The Kier molecular flexibility index (Phi) is 6.68. The van der Waals surface area contributed by atoms with Gasteiger partial charge in [-0.15, -0.1) is 0 Å². The van der Waals surface area contributed by atoms with Gasteiger partial charge in [-0.05, 0) is 18.4 Å². The second kappa shape index (κ2) is 8.53. The maximum absolute atomic E-state index is 10.9. The molecule has 0 aliphatic carbocycles. The molecule has 1 amide bonds. The zero-order valence-electron chi connectivity index (χ0n) is 12.3. The third-order valence-electron chi connectivity index (χ3n) is 2.55. The summed E-state index contributed by atoms with van der Waals surface area (Å²) in [6.07, 6.45) is 1.14. The van der Waals surface area contributed by atoms with E-state index in [-0.39, 0.29) is 11.9 Å². The first kappa shape index (κ1) is 16.4. The summed E-state index contributed by atoms with van der Waals surface area (Å²) >= 11 is 0. The number of ether oxygens (including phenoxy) is 1. The van der Waals surface area contributed by atoms with E-state index in [9.17, 15) is 9.59 Å². The Morgan fingerprint density at radius 3 is 2.43 bits per heavy atom. The summed E-state index contributed by atoms with van der Waals surface area (Å²) in [5.41, 5.74) is 0.871. The van der Waals surface area contributed by atoms with Crippen LogP contribution in [0.5, 0.6) is 0 Å². The van der Waals surface area contributed by atoms with Crippen molar-refractivity contribution in [1.29, 1.82) is 0 Å². The minimum absolute atomic E-state index is 0.0404. The maximum Gasteiger partial charge on any atom is 0.330 e. The van der Waals surface area contributed by atoms with E-state index in [2.05, 4.69) is 16.6 Å². The summed E-state index contributed by atoms with van der Waals surface area (Å²) in [4.78, 5) is 21.0. The van der Waals surface area contributed by atoms with Crippen molar-refractivity contribution in [2.75, 3.05) is 11.9 Å². The molecule has 4 nitrogen and oxygen atoms in total. The Bertz CT molecular complexity index is 629. The number of hydrogen-bond acceptors (Lipinski definition) is 3. The van der Waals surface area contributed by atoms with Crippen LogP contribution in [-0.4, -0.2) is 18.5 Å². The maximum atomic E-state index is 10.9. The largest absolute Gasteiger partial charge is 0.463 e. The monoisotopic (exact) mass is 285 g/mol. The lowest BCUT2D eigenvalue weighted by molar-refractivity contribution is -0.137. The van der Waals surface area contributed by atoms with Gasteiger partial charge in [-0.1, -0.05) is 43.0 Å². The van der Waals surface area contributed by atoms with Crippen molar-refractivity contribution in [2.45, 2.75) is 13.8 Å². The van der Waals surface area contributed by atoms with Crippen LogP contribution in [0.4, 0.5) is 5.69 Å². The molecule has 110 valence electrons. The molecule has 0 unspecified atom stereocenters. The van der Waals surface area contributed by atoms with Crippen LogP contribution in [0.2, 0.25) is 0 Å². The molecule has 0 saturated heterocycles. The van der Waals surface area contributed by atoms with E-state index in [1.54, 1.807) is 6.92 Å². The van der Waals surface area contributed by atoms with E-state index in [1.165, 1.54) is 6.92 Å². The molecule has 0 aromatic heterocycles. The van der Waals surface area contributed by atoms with Crippen LogP contribution in [0.15, 0.2) is 55.1 Å². The Balaban J connectivity index is 0.000000270. The van der Waals surface area contributed by atoms with Gasteiger partial charge in [0.2, 0.25) is 5.91 Å². The van der Waals surface area contributed by atoms with Gasteiger partial charge in [-0.3, -0.25) is 4.79 Å². The van der Waals surface area contributed by atoms with E-state index < -0.39 is 0 Å². The predicted molar refractivity (Wildman–Crippen MR) is 85.1 cm³/mol. The molecule has 2 aromatic rings. The van der Waals surface area contributed by atoms with E-state index in [0.717, 1.165) is 22.5 Å². The SMILES string of the molecule is C=CC(=O)OCC.CC(=O)Nc1cccc2ccccc12. The first-order chi connectivity index (χ1) is 10.1. The first-order valence-corrected chi connectivity index (χ1v) is 6.63. The number of carbonyl (C=O) groups is 2. The number of fused-ring (bicyclic) bond motifs is 1. The molecular formula is C17H19NO3. The molecule has 0 fully saturated rings. The van der Waals surface area contributed by atoms with Gasteiger partial charge in [-0.25, -0.2) is 4.79 Å². The highest BCUT2D eigenvalue weighted by atomic mass is 16.5. The van der Waals surface area contributed by atoms with E-state index >= 15 is 0 Å². The fourth-order valence-corrected chi connectivity index (χ4v) is 1.73. The van der Waals surface area contributed by atoms with Crippen LogP contribution in [0, 0.1) is 0 Å². The number of anilines is 1. The van der Waals surface area contributed by atoms with E-state index in [1.807, 2.05) is 42.5 Å². The molecule has 0 atom stereocenters. The standard InChI is InChI=1S/C12H11NO.C5H8O2/c1-9(14)13-12-8-4-6-10-5-2-3-7-11(10)12;1-3-5(6)7-4-2/h2-8H,1H3,(H,13,14);3H,1,4H2,2H3. The van der Waals surface area contributed by atoms with Gasteiger partial charge in [0.1, 0.15) is 0 Å². The summed E-state index contributed by atoms with van der Waals surface area (Å²) in [6.45, 7) is 6.89. The highest BCUT2D eigenvalue weighted by Crippen LogP contribution is 2.22. The van der Waals surface area contributed by atoms with E-state index in [4.69, 9.17) is 0 Å². The molecule has 4 heteroatoms. The van der Waals surface area contributed by atoms with Gasteiger partial charge in [0.15, 0.2) is 0 Å². The van der Waals surface area contributed by atoms with Crippen molar-refractivity contribution in [2.24, 2.45) is 0 Å². The summed E-state index contributed by atoms with van der Waals surface area (Å²) in [7, 11) is 0. The molecule has 0 aliphatic rings. The zero-order chi connectivity index (χ0) is 15.7. The molecule has 0 radical (unpaired) electrons. The number of carbonyl (C=O) groups excluding carboxylic acids is 2. The normalized spacial score (nSPS) is 9.24. The molecule has 2 rings (SSSR count). The van der Waals surface area contributed by atoms with Crippen LogP contribution in [0.3, 0.4) is 0 Å². The average Bonchev–Trinajstić information content (AvgIpc) is 2.48. The topological polar surface area (TPSA) is 55.4 Å². The molecule has 0 heterocycles. The minimum Gasteiger partial charge on any atom is -0.463 e. The summed E-state index contributed by atoms with van der Waals surface area (Å²) in [5.74, 6) is -0.399. The van der Waals surface area contributed by atoms with Crippen molar-refractivity contribution in [3.05, 3.63) is 55.1 Å². The molecule has 21 heavy (non-hydrogen) atoms. The van der Waals surface area contributed by atoms with Crippen LogP contribution in [0.1, 0.15) is 13.8 Å². The lowest BCUT2D eigenvalue weighted by Crippen LogP contribution is -2.05. The van der Waals surface area contributed by atoms with Crippen molar-refractivity contribution >= 4 is 28.3 Å². The first-order valence-electron chi connectivity index (χ1n) is 6.63. The van der Waals surface area contributed by atoms with Crippen molar-refractivity contribution in [1.82, 2.24) is 0 Å². The Morgan fingerprint density at radius 1 is 1.19 bits per heavy atom. The molecule has 2 aromatic carbocycles. The summed E-state index contributed by atoms with van der Waals surface area (Å²) in [6, 6.07) is 13.9. The van der Waals surface area contributed by atoms with Crippen LogP contribution in [-0.2, 0) is 14.3 Å². The number of benzene rings is 2. The summed E-state index contributed by atoms with van der Waals surface area (Å²) < 4.78 is 4.43. The van der Waals surface area contributed by atoms with Gasteiger partial charge >= 0.3 is 5.97 Å². The number of hydrogen-bond donors (Lipinski definition) is 1. The van der Waals surface area contributed by atoms with Crippen LogP contribution < -0.4 is 5.32 Å². The lowest BCUT2D eigenvalue weighted by Gasteiger charge is -2.05. The summed E-state index contributed by atoms with van der Waals surface area (Å²) in [5, 5.41) is 5.02. The lowest BCUT2D eigenvalue weighted by atomic mass is 10.1. The minimum atomic E-state index is -0.359. The third kappa shape index (κ3) is 5.48. The number of nitrogens with one attached hydrogen (secondary N) is 1. The van der Waals surface area contributed by atoms with Crippen molar-refractivity contribution in [3.63, 3.8) is 0 Å². The van der Waals surface area contributed by atoms with Gasteiger partial charge < -0.3 is 10.1 Å². The van der Waals surface area contributed by atoms with Crippen molar-refractivity contribution < 1.29 is 14.3 Å². The second-order valence-corrected chi connectivity index (χ2v) is 4.16. The van der Waals surface area contributed by atoms with Crippen LogP contribution >= 0.6 is 0 Å². The van der Waals surface area contributed by atoms with E-state index in [0.29, 0.717) is 6.61 Å². The molecule has 0 saturated carbocycles. The number of amides is 1. The third-order valence-corrected chi connectivity index (χ3v) is 2.55. The van der Waals surface area contributed by atoms with Gasteiger partial charge in [0, 0.05) is 24.1 Å². The Labute approximate surface area is 124 Å². The zero-order valence-corrected chi connectivity index (χ0v) is 12.3. The fourth-order valence-electron chi connectivity index (χ4n) is 1.73. The fraction of sp³-hybridized carbons (Fsp3) is 0.176. The molecule has 0 spiro atoms. The number of esters is 1. The average molecular weight is 285 g/mol. The Morgan fingerprint density at radius 2 is 1.86 bits per heavy atom. The van der Waals surface area contributed by atoms with Gasteiger partial charge in [0.05, 0.1) is 6.61 Å². The quantitative estimate of drug-likeness (QED) is 0.693. The highest BCUT2D eigenvalue weighted by molar-refractivity contribution is 6.01. The predicted octanol–water partition coefficient (Wildman–Crippen LogP) is 3.53. The van der Waals surface area contributed by atoms with Crippen LogP contribution in [0.25, 0.3) is 10.8 Å². The Hall–Kier alpha value is -2.62. The van der Waals surface area contributed by atoms with Gasteiger partial charge in [-0.2, -0.15) is 0 Å². The molecule has 0 bridgehead atoms. The van der Waals surface area contributed by atoms with Crippen molar-refractivity contribution in [3.8, 4) is 0 Å². The smallest absolute Gasteiger partial charge is 0.330 e. The number of rotatable bonds is 3. The molecule has 1 N–H and O–H groups in total. The molecular weight excluding hydrogens is 266 g/mol. The second-order valence-electron chi connectivity index (χ2n) is 4.16. The highest BCUT2D eigenvalue weighted by Gasteiger charge is 2.00.